The van der Waals surface area contributed by atoms with Gasteiger partial charge < -0.3 is 4.90 Å². The Balaban J connectivity index is 1.84. The highest BCUT2D eigenvalue weighted by atomic mass is 15.1. The van der Waals surface area contributed by atoms with E-state index < -0.39 is 0 Å². The van der Waals surface area contributed by atoms with Crippen molar-refractivity contribution in [3.8, 4) is 0 Å². The Kier molecular flexibility index (Phi) is 4.82. The van der Waals surface area contributed by atoms with Gasteiger partial charge in [0.05, 0.1) is 0 Å². The lowest BCUT2D eigenvalue weighted by molar-refractivity contribution is 0.167. The summed E-state index contributed by atoms with van der Waals surface area (Å²) in [4.78, 5) is 2.67. The van der Waals surface area contributed by atoms with Crippen LogP contribution in [0.3, 0.4) is 0 Å². The van der Waals surface area contributed by atoms with E-state index in [2.05, 4.69) is 43.9 Å². The fraction of sp³-hybridized carbons (Fsp3) is 0.647. The smallest absolute Gasteiger partial charge is 0.00700 e. The summed E-state index contributed by atoms with van der Waals surface area (Å²) in [5.41, 5.74) is 4.34. The van der Waals surface area contributed by atoms with Crippen LogP contribution < -0.4 is 0 Å². The topological polar surface area (TPSA) is 3.24 Å². The summed E-state index contributed by atoms with van der Waals surface area (Å²) in [6.45, 7) is 9.43. The van der Waals surface area contributed by atoms with Gasteiger partial charge in [-0.3, -0.25) is 0 Å². The SMILES string of the molecule is Cc1ccc(CCC(C)N2CCCCC2)cc1C. The van der Waals surface area contributed by atoms with Gasteiger partial charge >= 0.3 is 0 Å². The van der Waals surface area contributed by atoms with Crippen LogP contribution in [0.1, 0.15) is 49.3 Å². The predicted molar refractivity (Wildman–Crippen MR) is 79.1 cm³/mol. The Bertz CT molecular complexity index is 377. The van der Waals surface area contributed by atoms with Crippen LogP contribution in [0, 0.1) is 13.8 Å². The standard InChI is InChI=1S/C17H27N/c1-14-7-9-17(13-15(14)2)10-8-16(3)18-11-5-4-6-12-18/h7,9,13,16H,4-6,8,10-12H2,1-3H3. The van der Waals surface area contributed by atoms with Crippen LogP contribution in [0.5, 0.6) is 0 Å². The zero-order valence-corrected chi connectivity index (χ0v) is 12.2. The van der Waals surface area contributed by atoms with Crippen LogP contribution >= 0.6 is 0 Å². The molecular formula is C17H27N. The van der Waals surface area contributed by atoms with Gasteiger partial charge in [0.25, 0.3) is 0 Å². The molecule has 1 aliphatic rings. The molecule has 0 bridgehead atoms. The maximum atomic E-state index is 2.67. The van der Waals surface area contributed by atoms with Gasteiger partial charge in [-0.15, -0.1) is 0 Å². The third-order valence-corrected chi connectivity index (χ3v) is 4.44. The van der Waals surface area contributed by atoms with Crippen molar-refractivity contribution >= 4 is 0 Å². The first-order valence-corrected chi connectivity index (χ1v) is 7.47. The third-order valence-electron chi connectivity index (χ3n) is 4.44. The van der Waals surface area contributed by atoms with Gasteiger partial charge in [0, 0.05) is 6.04 Å². The molecule has 0 N–H and O–H groups in total. The molecule has 1 fully saturated rings. The number of rotatable bonds is 4. The zero-order chi connectivity index (χ0) is 13.0. The molecule has 100 valence electrons. The highest BCUT2D eigenvalue weighted by Crippen LogP contribution is 2.17. The average molecular weight is 245 g/mol. The highest BCUT2D eigenvalue weighted by molar-refractivity contribution is 5.29. The number of hydrogen-bond acceptors (Lipinski definition) is 1. The van der Waals surface area contributed by atoms with Gasteiger partial charge in [-0.2, -0.15) is 0 Å². The van der Waals surface area contributed by atoms with Gasteiger partial charge in [-0.05, 0) is 76.2 Å². The summed E-state index contributed by atoms with van der Waals surface area (Å²) in [5.74, 6) is 0. The van der Waals surface area contributed by atoms with E-state index in [-0.39, 0.29) is 0 Å². The second-order valence-electron chi connectivity index (χ2n) is 5.90. The lowest BCUT2D eigenvalue weighted by atomic mass is 10.00. The van der Waals surface area contributed by atoms with Crippen LogP contribution in [0.15, 0.2) is 18.2 Å². The first kappa shape index (κ1) is 13.6. The summed E-state index contributed by atoms with van der Waals surface area (Å²) in [5, 5.41) is 0. The van der Waals surface area contributed by atoms with E-state index in [0.29, 0.717) is 0 Å². The van der Waals surface area contributed by atoms with Gasteiger partial charge in [0.2, 0.25) is 0 Å². The second-order valence-corrected chi connectivity index (χ2v) is 5.90. The number of benzene rings is 1. The largest absolute Gasteiger partial charge is 0.301 e. The molecule has 1 aromatic rings. The molecule has 0 aromatic heterocycles. The normalized spacial score (nSPS) is 18.8. The number of aryl methyl sites for hydroxylation is 3. The van der Waals surface area contributed by atoms with Crippen LogP contribution in [-0.4, -0.2) is 24.0 Å². The lowest BCUT2D eigenvalue weighted by Crippen LogP contribution is -2.37. The van der Waals surface area contributed by atoms with Crippen molar-refractivity contribution in [1.29, 1.82) is 0 Å². The van der Waals surface area contributed by atoms with Gasteiger partial charge in [-0.25, -0.2) is 0 Å². The number of piperidine rings is 1. The molecule has 0 radical (unpaired) electrons. The van der Waals surface area contributed by atoms with Crippen molar-refractivity contribution in [1.82, 2.24) is 4.90 Å². The molecule has 0 spiro atoms. The van der Waals surface area contributed by atoms with Crippen molar-refractivity contribution in [2.75, 3.05) is 13.1 Å². The highest BCUT2D eigenvalue weighted by Gasteiger charge is 2.16. The Morgan fingerprint density at radius 3 is 2.44 bits per heavy atom. The summed E-state index contributed by atoms with van der Waals surface area (Å²) >= 11 is 0. The first-order chi connectivity index (χ1) is 8.66. The van der Waals surface area contributed by atoms with Gasteiger partial charge in [0.15, 0.2) is 0 Å². The quantitative estimate of drug-likeness (QED) is 0.771. The summed E-state index contributed by atoms with van der Waals surface area (Å²) in [6, 6.07) is 7.66. The Morgan fingerprint density at radius 2 is 1.78 bits per heavy atom. The molecule has 1 heterocycles. The van der Waals surface area contributed by atoms with Crippen molar-refractivity contribution in [3.63, 3.8) is 0 Å². The summed E-state index contributed by atoms with van der Waals surface area (Å²) < 4.78 is 0. The Morgan fingerprint density at radius 1 is 1.06 bits per heavy atom. The molecule has 1 aromatic carbocycles. The Hall–Kier alpha value is -0.820. The molecule has 1 unspecified atom stereocenters. The first-order valence-electron chi connectivity index (χ1n) is 7.47. The predicted octanol–water partition coefficient (Wildman–Crippen LogP) is 4.11. The van der Waals surface area contributed by atoms with Gasteiger partial charge in [0.1, 0.15) is 0 Å². The minimum atomic E-state index is 0.743. The van der Waals surface area contributed by atoms with E-state index in [0.717, 1.165) is 6.04 Å². The minimum absolute atomic E-state index is 0.743. The van der Waals surface area contributed by atoms with Crippen molar-refractivity contribution in [2.45, 2.75) is 58.9 Å². The molecule has 0 saturated carbocycles. The van der Waals surface area contributed by atoms with Gasteiger partial charge in [-0.1, -0.05) is 24.6 Å². The maximum Gasteiger partial charge on any atom is 0.00700 e. The summed E-state index contributed by atoms with van der Waals surface area (Å²) in [6.07, 6.45) is 6.74. The van der Waals surface area contributed by atoms with E-state index in [1.165, 1.54) is 61.9 Å². The van der Waals surface area contributed by atoms with Crippen LogP contribution in [0.2, 0.25) is 0 Å². The number of likely N-dealkylation sites (tertiary alicyclic amines) is 1. The van der Waals surface area contributed by atoms with Crippen molar-refractivity contribution < 1.29 is 0 Å². The van der Waals surface area contributed by atoms with E-state index in [9.17, 15) is 0 Å². The maximum absolute atomic E-state index is 2.67. The molecule has 1 nitrogen and oxygen atoms in total. The molecule has 0 aliphatic carbocycles. The molecule has 1 atom stereocenters. The van der Waals surface area contributed by atoms with E-state index in [4.69, 9.17) is 0 Å². The van der Waals surface area contributed by atoms with E-state index >= 15 is 0 Å². The molecule has 18 heavy (non-hydrogen) atoms. The number of nitrogens with zero attached hydrogens (tertiary/aromatic N) is 1. The average Bonchev–Trinajstić information content (AvgIpc) is 2.41. The monoisotopic (exact) mass is 245 g/mol. The molecule has 2 rings (SSSR count). The van der Waals surface area contributed by atoms with E-state index in [1.54, 1.807) is 0 Å². The molecule has 1 saturated heterocycles. The lowest BCUT2D eigenvalue weighted by Gasteiger charge is -2.32. The fourth-order valence-corrected chi connectivity index (χ4v) is 2.88. The molecule has 1 heteroatoms. The van der Waals surface area contributed by atoms with Crippen LogP contribution in [0.25, 0.3) is 0 Å². The van der Waals surface area contributed by atoms with Crippen LogP contribution in [0.4, 0.5) is 0 Å². The van der Waals surface area contributed by atoms with E-state index in [1.807, 2.05) is 0 Å². The minimum Gasteiger partial charge on any atom is -0.301 e. The third kappa shape index (κ3) is 3.58. The molecule has 0 amide bonds. The molecule has 1 aliphatic heterocycles. The fourth-order valence-electron chi connectivity index (χ4n) is 2.88. The van der Waals surface area contributed by atoms with Crippen molar-refractivity contribution in [3.05, 3.63) is 34.9 Å². The van der Waals surface area contributed by atoms with Crippen LogP contribution in [-0.2, 0) is 6.42 Å². The Labute approximate surface area is 112 Å². The zero-order valence-electron chi connectivity index (χ0n) is 12.2. The number of hydrogen-bond donors (Lipinski definition) is 0. The second kappa shape index (κ2) is 6.38. The molecular weight excluding hydrogens is 218 g/mol. The van der Waals surface area contributed by atoms with Crippen molar-refractivity contribution in [2.24, 2.45) is 0 Å². The summed E-state index contributed by atoms with van der Waals surface area (Å²) in [7, 11) is 0.